The lowest BCUT2D eigenvalue weighted by atomic mass is 10.1. The van der Waals surface area contributed by atoms with Crippen molar-refractivity contribution < 1.29 is 24.6 Å². The van der Waals surface area contributed by atoms with Crippen LogP contribution in [0.5, 0.6) is 0 Å². The Labute approximate surface area is 121 Å². The Morgan fingerprint density at radius 1 is 1.50 bits per heavy atom. The third-order valence-corrected chi connectivity index (χ3v) is 2.96. The SMILES string of the molecule is CSC(=O)OCN(CC=NO)CCCC[C@H](N)C(=O)O. The number of unbranched alkanes of at least 4 members (excludes halogenated alkanes) is 1. The van der Waals surface area contributed by atoms with E-state index in [4.69, 9.17) is 20.8 Å². The highest BCUT2D eigenvalue weighted by atomic mass is 32.2. The highest BCUT2D eigenvalue weighted by molar-refractivity contribution is 8.12. The molecule has 0 aliphatic carbocycles. The summed E-state index contributed by atoms with van der Waals surface area (Å²) in [4.78, 5) is 23.3. The Morgan fingerprint density at radius 2 is 2.20 bits per heavy atom. The normalized spacial score (nSPS) is 12.8. The summed E-state index contributed by atoms with van der Waals surface area (Å²) in [6.07, 6.45) is 4.65. The lowest BCUT2D eigenvalue weighted by Crippen LogP contribution is -2.32. The zero-order chi connectivity index (χ0) is 15.4. The first-order valence-electron chi connectivity index (χ1n) is 6.08. The van der Waals surface area contributed by atoms with E-state index in [1.165, 1.54) is 6.21 Å². The molecule has 0 unspecified atom stereocenters. The third-order valence-electron chi connectivity index (χ3n) is 2.51. The van der Waals surface area contributed by atoms with Crippen LogP contribution in [-0.4, -0.2) is 64.8 Å². The maximum Gasteiger partial charge on any atom is 0.368 e. The van der Waals surface area contributed by atoms with Gasteiger partial charge in [-0.3, -0.25) is 9.69 Å². The monoisotopic (exact) mass is 307 g/mol. The fourth-order valence-corrected chi connectivity index (χ4v) is 1.56. The van der Waals surface area contributed by atoms with Crippen LogP contribution >= 0.6 is 11.8 Å². The molecule has 4 N–H and O–H groups in total. The van der Waals surface area contributed by atoms with E-state index in [-0.39, 0.29) is 12.0 Å². The molecule has 0 saturated heterocycles. The number of rotatable bonds is 10. The molecule has 0 aliphatic heterocycles. The number of thioether (sulfide) groups is 1. The van der Waals surface area contributed by atoms with Crippen molar-refractivity contribution in [2.24, 2.45) is 10.9 Å². The van der Waals surface area contributed by atoms with Gasteiger partial charge in [0.2, 0.25) is 0 Å². The van der Waals surface area contributed by atoms with Gasteiger partial charge in [0.15, 0.2) is 0 Å². The van der Waals surface area contributed by atoms with Crippen molar-refractivity contribution in [2.45, 2.75) is 25.3 Å². The Bertz CT molecular complexity index is 327. The topological polar surface area (TPSA) is 125 Å². The van der Waals surface area contributed by atoms with Gasteiger partial charge in [-0.15, -0.1) is 5.16 Å². The molecule has 0 heterocycles. The van der Waals surface area contributed by atoms with Gasteiger partial charge in [-0.25, -0.2) is 4.79 Å². The van der Waals surface area contributed by atoms with E-state index in [2.05, 4.69) is 5.16 Å². The molecule has 116 valence electrons. The molecule has 9 heteroatoms. The number of carbonyl (C=O) groups excluding carboxylic acids is 1. The number of oxime groups is 1. The largest absolute Gasteiger partial charge is 0.480 e. The van der Waals surface area contributed by atoms with Gasteiger partial charge >= 0.3 is 11.3 Å². The van der Waals surface area contributed by atoms with Gasteiger partial charge < -0.3 is 20.8 Å². The van der Waals surface area contributed by atoms with Crippen molar-refractivity contribution in [3.63, 3.8) is 0 Å². The molecule has 1 atom stereocenters. The minimum absolute atomic E-state index is 0.0939. The van der Waals surface area contributed by atoms with E-state index in [1.54, 1.807) is 11.2 Å². The van der Waals surface area contributed by atoms with Crippen LogP contribution in [0, 0.1) is 0 Å². The second-order valence-electron chi connectivity index (χ2n) is 4.04. The molecule has 0 aromatic heterocycles. The van der Waals surface area contributed by atoms with E-state index in [0.717, 1.165) is 11.8 Å². The molecular formula is C11H21N3O5S. The van der Waals surface area contributed by atoms with Crippen molar-refractivity contribution in [1.82, 2.24) is 4.90 Å². The molecule has 0 aromatic carbocycles. The summed E-state index contributed by atoms with van der Waals surface area (Å²) < 4.78 is 4.95. The van der Waals surface area contributed by atoms with Crippen LogP contribution < -0.4 is 5.73 Å². The zero-order valence-corrected chi connectivity index (χ0v) is 12.2. The molecule has 0 fully saturated rings. The fourth-order valence-electron chi connectivity index (χ4n) is 1.39. The average molecular weight is 307 g/mol. The zero-order valence-electron chi connectivity index (χ0n) is 11.4. The molecule has 0 amide bonds. The maximum absolute atomic E-state index is 11.0. The van der Waals surface area contributed by atoms with E-state index < -0.39 is 12.0 Å². The summed E-state index contributed by atoms with van der Waals surface area (Å²) in [7, 11) is 0. The van der Waals surface area contributed by atoms with Gasteiger partial charge in [0.25, 0.3) is 0 Å². The molecule has 0 rings (SSSR count). The standard InChI is InChI=1S/C11H21N3O5S/c1-20-11(17)19-8-14(7-5-13-18)6-3-2-4-9(12)10(15)16/h5,9,18H,2-4,6-8,12H2,1H3,(H,15,16)/t9-/m0/s1. The van der Waals surface area contributed by atoms with Crippen LogP contribution in [0.25, 0.3) is 0 Å². The molecule has 20 heavy (non-hydrogen) atoms. The van der Waals surface area contributed by atoms with Crippen molar-refractivity contribution >= 4 is 29.2 Å². The van der Waals surface area contributed by atoms with Crippen molar-refractivity contribution in [3.05, 3.63) is 0 Å². The van der Waals surface area contributed by atoms with Crippen LogP contribution in [0.1, 0.15) is 19.3 Å². The second-order valence-corrected chi connectivity index (χ2v) is 4.78. The molecular weight excluding hydrogens is 286 g/mol. The quantitative estimate of drug-likeness (QED) is 0.135. The van der Waals surface area contributed by atoms with E-state index in [9.17, 15) is 9.59 Å². The minimum atomic E-state index is -1.01. The molecule has 0 bridgehead atoms. The first kappa shape index (κ1) is 18.7. The average Bonchev–Trinajstić information content (AvgIpc) is 2.44. The first-order valence-corrected chi connectivity index (χ1v) is 7.31. The summed E-state index contributed by atoms with van der Waals surface area (Å²) in [5.74, 6) is -1.01. The summed E-state index contributed by atoms with van der Waals surface area (Å²) >= 11 is 0.973. The highest BCUT2D eigenvalue weighted by Crippen LogP contribution is 2.04. The van der Waals surface area contributed by atoms with Gasteiger partial charge in [0, 0.05) is 13.1 Å². The van der Waals surface area contributed by atoms with Gasteiger partial charge in [-0.05, 0) is 30.9 Å². The number of hydrogen-bond donors (Lipinski definition) is 3. The van der Waals surface area contributed by atoms with Crippen LogP contribution in [0.3, 0.4) is 0 Å². The molecule has 0 aromatic rings. The van der Waals surface area contributed by atoms with Crippen molar-refractivity contribution in [3.8, 4) is 0 Å². The Kier molecular flexibility index (Phi) is 10.7. The van der Waals surface area contributed by atoms with E-state index in [1.807, 2.05) is 0 Å². The van der Waals surface area contributed by atoms with Crippen LogP contribution in [0.4, 0.5) is 4.79 Å². The highest BCUT2D eigenvalue weighted by Gasteiger charge is 2.11. The predicted octanol–water partition coefficient (Wildman–Crippen LogP) is 0.788. The number of nitrogens with zero attached hydrogens (tertiary/aromatic N) is 2. The van der Waals surface area contributed by atoms with Crippen molar-refractivity contribution in [2.75, 3.05) is 26.1 Å². The number of carbonyl (C=O) groups is 2. The van der Waals surface area contributed by atoms with Gasteiger partial charge in [-0.2, -0.15) is 0 Å². The predicted molar refractivity (Wildman–Crippen MR) is 76.2 cm³/mol. The summed E-state index contributed by atoms with van der Waals surface area (Å²) in [6, 6.07) is -0.850. The number of hydrogen-bond acceptors (Lipinski definition) is 8. The van der Waals surface area contributed by atoms with Gasteiger partial charge in [0.1, 0.15) is 12.8 Å². The lowest BCUT2D eigenvalue weighted by molar-refractivity contribution is -0.138. The number of ether oxygens (including phenoxy) is 1. The van der Waals surface area contributed by atoms with Crippen LogP contribution in [0.2, 0.25) is 0 Å². The summed E-state index contributed by atoms with van der Waals surface area (Å²) in [5.41, 5.74) is 5.39. The second kappa shape index (κ2) is 11.5. The molecule has 0 spiro atoms. The van der Waals surface area contributed by atoms with E-state index in [0.29, 0.717) is 32.4 Å². The molecule has 0 aliphatic rings. The number of nitrogens with two attached hydrogens (primary N) is 1. The fraction of sp³-hybridized carbons (Fsp3) is 0.727. The van der Waals surface area contributed by atoms with Crippen LogP contribution in [0.15, 0.2) is 5.16 Å². The van der Waals surface area contributed by atoms with Crippen LogP contribution in [-0.2, 0) is 9.53 Å². The maximum atomic E-state index is 11.0. The first-order chi connectivity index (χ1) is 9.51. The molecule has 0 saturated carbocycles. The van der Waals surface area contributed by atoms with Gasteiger partial charge in [0.05, 0.1) is 6.21 Å². The Hall–Kier alpha value is -1.32. The smallest absolute Gasteiger partial charge is 0.368 e. The number of carboxylic acids is 1. The van der Waals surface area contributed by atoms with E-state index >= 15 is 0 Å². The summed E-state index contributed by atoms with van der Waals surface area (Å²) in [6.45, 7) is 1.01. The van der Waals surface area contributed by atoms with Crippen molar-refractivity contribution in [1.29, 1.82) is 0 Å². The minimum Gasteiger partial charge on any atom is -0.480 e. The molecule has 0 radical (unpaired) electrons. The lowest BCUT2D eigenvalue weighted by Gasteiger charge is -2.19. The number of aliphatic carboxylic acids is 1. The Balaban J connectivity index is 3.97. The molecule has 8 nitrogen and oxygen atoms in total. The van der Waals surface area contributed by atoms with Gasteiger partial charge in [-0.1, -0.05) is 6.42 Å². The summed E-state index contributed by atoms with van der Waals surface area (Å²) in [5, 5.41) is 19.5. The third kappa shape index (κ3) is 9.59. The number of carboxylic acid groups (broad SMARTS) is 1. The Morgan fingerprint density at radius 3 is 2.75 bits per heavy atom.